The minimum atomic E-state index is -1.55. The second kappa shape index (κ2) is 12.8. The molecule has 2 fully saturated rings. The number of carbonyl (C=O) groups is 2. The normalized spacial score (nSPS) is 29.0. The first-order valence-electron chi connectivity index (χ1n) is 9.36. The van der Waals surface area contributed by atoms with Gasteiger partial charge >= 0.3 is 0 Å². The summed E-state index contributed by atoms with van der Waals surface area (Å²) in [5.74, 6) is -3.09. The Balaban J connectivity index is 0.000000362. The molecule has 4 unspecified atom stereocenters. The van der Waals surface area contributed by atoms with Gasteiger partial charge in [-0.2, -0.15) is 0 Å². The van der Waals surface area contributed by atoms with Crippen LogP contribution in [0.2, 0.25) is 0 Å². The van der Waals surface area contributed by atoms with E-state index in [1.54, 1.807) is 9.80 Å². The van der Waals surface area contributed by atoms with Crippen molar-refractivity contribution in [2.24, 2.45) is 0 Å². The van der Waals surface area contributed by atoms with Crippen LogP contribution >= 0.6 is 0 Å². The van der Waals surface area contributed by atoms with Gasteiger partial charge in [-0.25, -0.2) is 9.80 Å². The van der Waals surface area contributed by atoms with Gasteiger partial charge in [0.05, 0.1) is 52.2 Å². The van der Waals surface area contributed by atoms with Crippen LogP contribution in [0.15, 0.2) is 12.2 Å². The van der Waals surface area contributed by atoms with Gasteiger partial charge in [0.25, 0.3) is 0 Å². The van der Waals surface area contributed by atoms with Gasteiger partial charge in [-0.15, -0.1) is 0 Å². The molecule has 0 aliphatic carbocycles. The zero-order valence-electron chi connectivity index (χ0n) is 17.1. The van der Waals surface area contributed by atoms with Gasteiger partial charge in [-0.05, 0) is 12.2 Å². The molecule has 2 saturated heterocycles. The quantitative estimate of drug-likeness (QED) is 0.483. The zero-order chi connectivity index (χ0) is 20.3. The molecular weight excluding hydrogens is 336 g/mol. The van der Waals surface area contributed by atoms with Crippen LogP contribution in [0.5, 0.6) is 0 Å². The van der Waals surface area contributed by atoms with Crippen molar-refractivity contribution in [3.8, 4) is 0 Å². The number of carboxylic acids is 2. The summed E-state index contributed by atoms with van der Waals surface area (Å²) in [5, 5.41) is 18.8. The first kappa shape index (κ1) is 24.5. The third-order valence-corrected chi connectivity index (χ3v) is 5.28. The standard InChI is InChI=1S/2C7H16N2.C4H4O4/c2*1-4-9-6-5-8(3)7(9)2;5-3(6)1-2-4(7)8/h2*7H,4-6H2,1-3H3;1-2H,(H,5,6)(H,7,8). The van der Waals surface area contributed by atoms with E-state index >= 15 is 0 Å². The van der Waals surface area contributed by atoms with Crippen molar-refractivity contribution in [1.29, 1.82) is 0 Å². The molecule has 2 aliphatic heterocycles. The number of aliphatic carboxylic acids is 2. The van der Waals surface area contributed by atoms with Crippen LogP contribution in [0, 0.1) is 0 Å². The Morgan fingerprint density at radius 3 is 1.31 bits per heavy atom. The largest absolute Gasteiger partial charge is 0.545 e. The minimum Gasteiger partial charge on any atom is -0.545 e. The predicted molar refractivity (Wildman–Crippen MR) is 96.1 cm³/mol. The summed E-state index contributed by atoms with van der Waals surface area (Å²) >= 11 is 0. The smallest absolute Gasteiger partial charge is 0.140 e. The highest BCUT2D eigenvalue weighted by Gasteiger charge is 2.27. The lowest BCUT2D eigenvalue weighted by atomic mass is 10.5. The van der Waals surface area contributed by atoms with E-state index in [0.29, 0.717) is 12.2 Å². The Kier molecular flexibility index (Phi) is 12.1. The molecule has 8 heteroatoms. The topological polar surface area (TPSA) is 95.6 Å². The van der Waals surface area contributed by atoms with E-state index in [9.17, 15) is 19.8 Å². The van der Waals surface area contributed by atoms with E-state index < -0.39 is 11.9 Å². The van der Waals surface area contributed by atoms with Crippen molar-refractivity contribution in [1.82, 2.24) is 9.80 Å². The number of carboxylic acid groups (broad SMARTS) is 2. The lowest BCUT2D eigenvalue weighted by Crippen LogP contribution is -3.11. The number of likely N-dealkylation sites (N-methyl/N-ethyl adjacent to an activating group) is 4. The first-order chi connectivity index (χ1) is 12.1. The molecule has 0 bridgehead atoms. The van der Waals surface area contributed by atoms with Crippen molar-refractivity contribution >= 4 is 11.9 Å². The van der Waals surface area contributed by atoms with E-state index in [-0.39, 0.29) is 0 Å². The highest BCUT2D eigenvalue weighted by Crippen LogP contribution is 1.94. The van der Waals surface area contributed by atoms with Crippen molar-refractivity contribution in [2.75, 3.05) is 53.4 Å². The molecular formula is C18H36N4O4. The Bertz CT molecular complexity index is 418. The van der Waals surface area contributed by atoms with Gasteiger partial charge < -0.3 is 29.6 Å². The molecule has 2 N–H and O–H groups in total. The summed E-state index contributed by atoms with van der Waals surface area (Å²) in [5.41, 5.74) is 0. The Morgan fingerprint density at radius 2 is 1.19 bits per heavy atom. The average Bonchev–Trinajstić information content (AvgIpc) is 3.09. The minimum absolute atomic E-state index is 0.384. The van der Waals surface area contributed by atoms with Gasteiger partial charge in [0.2, 0.25) is 0 Å². The maximum absolute atomic E-state index is 9.41. The molecule has 0 aromatic rings. The van der Waals surface area contributed by atoms with Crippen LogP contribution in [0.1, 0.15) is 27.7 Å². The maximum atomic E-state index is 9.41. The molecule has 0 aromatic carbocycles. The van der Waals surface area contributed by atoms with Gasteiger partial charge in [-0.1, -0.05) is 13.8 Å². The highest BCUT2D eigenvalue weighted by molar-refractivity contribution is 5.87. The number of hydrogen-bond acceptors (Lipinski definition) is 6. The summed E-state index contributed by atoms with van der Waals surface area (Å²) in [4.78, 5) is 27.1. The van der Waals surface area contributed by atoms with Crippen molar-refractivity contribution in [2.45, 2.75) is 40.0 Å². The van der Waals surface area contributed by atoms with Gasteiger partial charge in [0.1, 0.15) is 12.3 Å². The van der Waals surface area contributed by atoms with Crippen LogP contribution in [-0.2, 0) is 9.59 Å². The Labute approximate surface area is 157 Å². The number of carbonyl (C=O) groups excluding carboxylic acids is 2. The lowest BCUT2D eigenvalue weighted by molar-refractivity contribution is -0.896. The fraction of sp³-hybridized carbons (Fsp3) is 0.778. The second-order valence-electron chi connectivity index (χ2n) is 6.77. The zero-order valence-corrected chi connectivity index (χ0v) is 17.1. The molecule has 2 aliphatic rings. The Morgan fingerprint density at radius 1 is 0.885 bits per heavy atom. The number of nitrogens with one attached hydrogen (secondary N) is 2. The van der Waals surface area contributed by atoms with Crippen LogP contribution in [0.3, 0.4) is 0 Å². The number of rotatable bonds is 4. The van der Waals surface area contributed by atoms with Gasteiger partial charge in [-0.3, -0.25) is 0 Å². The molecule has 2 rings (SSSR count). The average molecular weight is 373 g/mol. The van der Waals surface area contributed by atoms with E-state index in [4.69, 9.17) is 0 Å². The van der Waals surface area contributed by atoms with Gasteiger partial charge in [0, 0.05) is 26.9 Å². The molecule has 0 amide bonds. The molecule has 152 valence electrons. The molecule has 8 nitrogen and oxygen atoms in total. The molecule has 0 aromatic heterocycles. The maximum Gasteiger partial charge on any atom is 0.140 e. The predicted octanol–water partition coefficient (Wildman–Crippen LogP) is -4.59. The fourth-order valence-electron chi connectivity index (χ4n) is 3.07. The number of hydrogen-bond donors (Lipinski definition) is 2. The van der Waals surface area contributed by atoms with Gasteiger partial charge in [0.15, 0.2) is 0 Å². The summed E-state index contributed by atoms with van der Waals surface area (Å²) in [6.07, 6.45) is 2.26. The molecule has 26 heavy (non-hydrogen) atoms. The molecule has 0 radical (unpaired) electrons. The van der Waals surface area contributed by atoms with E-state index in [2.05, 4.69) is 51.6 Å². The van der Waals surface area contributed by atoms with E-state index in [1.807, 2.05) is 0 Å². The third kappa shape index (κ3) is 9.28. The molecule has 0 spiro atoms. The summed E-state index contributed by atoms with van der Waals surface area (Å²) in [6, 6.07) is 0. The summed E-state index contributed by atoms with van der Waals surface area (Å²) < 4.78 is 0. The van der Waals surface area contributed by atoms with Crippen LogP contribution in [-0.4, -0.2) is 87.4 Å². The molecule has 0 saturated carbocycles. The molecule has 4 atom stereocenters. The third-order valence-electron chi connectivity index (χ3n) is 5.28. The van der Waals surface area contributed by atoms with Crippen LogP contribution in [0.25, 0.3) is 0 Å². The van der Waals surface area contributed by atoms with Crippen LogP contribution in [0.4, 0.5) is 0 Å². The molecule has 2 heterocycles. The first-order valence-corrected chi connectivity index (χ1v) is 9.36. The van der Waals surface area contributed by atoms with Crippen molar-refractivity contribution < 1.29 is 29.6 Å². The summed E-state index contributed by atoms with van der Waals surface area (Å²) in [6.45, 7) is 16.7. The van der Waals surface area contributed by atoms with E-state index in [0.717, 1.165) is 12.3 Å². The highest BCUT2D eigenvalue weighted by atomic mass is 16.4. The lowest BCUT2D eigenvalue weighted by Gasteiger charge is -2.18. The Hall–Kier alpha value is -1.48. The second-order valence-corrected chi connectivity index (χ2v) is 6.77. The van der Waals surface area contributed by atoms with Crippen molar-refractivity contribution in [3.63, 3.8) is 0 Å². The number of nitrogens with zero attached hydrogens (tertiary/aromatic N) is 2. The fourth-order valence-corrected chi connectivity index (χ4v) is 3.07. The van der Waals surface area contributed by atoms with Crippen LogP contribution < -0.4 is 20.0 Å². The summed E-state index contributed by atoms with van der Waals surface area (Å²) in [7, 11) is 4.53. The monoisotopic (exact) mass is 372 g/mol. The number of quaternary nitrogens is 2. The van der Waals surface area contributed by atoms with Crippen molar-refractivity contribution in [3.05, 3.63) is 12.2 Å². The SMILES string of the molecule is CCN1CC[NH+](C)C1C.CCN1CC[NH+](C)C1C.O=C([O-])C=CC(=O)[O-]. The van der Waals surface area contributed by atoms with E-state index in [1.165, 1.54) is 39.3 Å².